The van der Waals surface area contributed by atoms with Crippen molar-refractivity contribution in [3.05, 3.63) is 23.5 Å². The van der Waals surface area contributed by atoms with Crippen LogP contribution in [-0.2, 0) is 13.0 Å². The molecule has 1 aromatic rings. The van der Waals surface area contributed by atoms with Gasteiger partial charge < -0.3 is 9.88 Å². The fourth-order valence-corrected chi connectivity index (χ4v) is 3.26. The molecule has 0 spiro atoms. The van der Waals surface area contributed by atoms with E-state index < -0.39 is 0 Å². The Hall–Kier alpha value is -0.760. The standard InChI is InChI=1S/C16H28N2/c1-4-7-13(3)10-18-11-14-8-6-9-16(17-5-2)15(14)12-18/h11-13,16-17H,4-10H2,1-3H3. The summed E-state index contributed by atoms with van der Waals surface area (Å²) in [6.07, 6.45) is 11.3. The van der Waals surface area contributed by atoms with Crippen LogP contribution in [0.5, 0.6) is 0 Å². The monoisotopic (exact) mass is 248 g/mol. The molecule has 2 unspecified atom stereocenters. The molecule has 0 radical (unpaired) electrons. The molecule has 0 fully saturated rings. The van der Waals surface area contributed by atoms with Gasteiger partial charge in [-0.2, -0.15) is 0 Å². The van der Waals surface area contributed by atoms with Crippen molar-refractivity contribution in [3.63, 3.8) is 0 Å². The molecule has 1 heterocycles. The lowest BCUT2D eigenvalue weighted by Gasteiger charge is -2.22. The SMILES string of the molecule is CCCC(C)Cn1cc2c(c1)C(NCC)CCC2. The first-order valence-corrected chi connectivity index (χ1v) is 7.66. The molecule has 0 aliphatic heterocycles. The Morgan fingerprint density at radius 2 is 2.22 bits per heavy atom. The first-order chi connectivity index (χ1) is 8.74. The third kappa shape index (κ3) is 3.17. The zero-order valence-corrected chi connectivity index (χ0v) is 12.2. The van der Waals surface area contributed by atoms with Crippen LogP contribution in [0, 0.1) is 5.92 Å². The van der Waals surface area contributed by atoms with E-state index in [0.717, 1.165) is 12.5 Å². The Labute approximate surface area is 112 Å². The molecule has 0 aromatic carbocycles. The normalized spacial score (nSPS) is 20.7. The van der Waals surface area contributed by atoms with Crippen LogP contribution in [0.2, 0.25) is 0 Å². The van der Waals surface area contributed by atoms with E-state index in [1.165, 1.54) is 38.6 Å². The number of aryl methyl sites for hydroxylation is 1. The second-order valence-corrected chi connectivity index (χ2v) is 5.83. The van der Waals surface area contributed by atoms with Crippen LogP contribution in [0.1, 0.15) is 63.6 Å². The Morgan fingerprint density at radius 1 is 1.39 bits per heavy atom. The highest BCUT2D eigenvalue weighted by Crippen LogP contribution is 2.30. The first kappa shape index (κ1) is 13.7. The average Bonchev–Trinajstić information content (AvgIpc) is 2.73. The summed E-state index contributed by atoms with van der Waals surface area (Å²) in [6.45, 7) is 9.10. The summed E-state index contributed by atoms with van der Waals surface area (Å²) in [4.78, 5) is 0. The van der Waals surface area contributed by atoms with Crippen LogP contribution in [0.3, 0.4) is 0 Å². The second kappa shape index (κ2) is 6.42. The molecule has 0 amide bonds. The summed E-state index contributed by atoms with van der Waals surface area (Å²) in [5.74, 6) is 0.793. The number of nitrogens with zero attached hydrogens (tertiary/aromatic N) is 1. The van der Waals surface area contributed by atoms with Gasteiger partial charge in [0.05, 0.1) is 0 Å². The largest absolute Gasteiger partial charge is 0.353 e. The predicted octanol–water partition coefficient (Wildman–Crippen LogP) is 3.91. The summed E-state index contributed by atoms with van der Waals surface area (Å²) >= 11 is 0. The number of aromatic nitrogens is 1. The first-order valence-electron chi connectivity index (χ1n) is 7.66. The van der Waals surface area contributed by atoms with Crippen molar-refractivity contribution in [1.82, 2.24) is 9.88 Å². The molecule has 0 bridgehead atoms. The van der Waals surface area contributed by atoms with E-state index in [-0.39, 0.29) is 0 Å². The minimum atomic E-state index is 0.599. The van der Waals surface area contributed by atoms with Gasteiger partial charge in [0, 0.05) is 25.0 Å². The van der Waals surface area contributed by atoms with Gasteiger partial charge in [-0.05, 0) is 49.3 Å². The highest BCUT2D eigenvalue weighted by atomic mass is 15.0. The van der Waals surface area contributed by atoms with Crippen LogP contribution in [-0.4, -0.2) is 11.1 Å². The predicted molar refractivity (Wildman–Crippen MR) is 77.9 cm³/mol. The smallest absolute Gasteiger partial charge is 0.0338 e. The van der Waals surface area contributed by atoms with Crippen molar-refractivity contribution in [2.75, 3.05) is 6.54 Å². The maximum absolute atomic E-state index is 3.62. The molecule has 1 aromatic heterocycles. The van der Waals surface area contributed by atoms with Gasteiger partial charge in [-0.25, -0.2) is 0 Å². The Kier molecular flexibility index (Phi) is 4.87. The van der Waals surface area contributed by atoms with E-state index in [1.54, 1.807) is 11.1 Å². The molecular weight excluding hydrogens is 220 g/mol. The van der Waals surface area contributed by atoms with E-state index in [1.807, 2.05) is 0 Å². The topological polar surface area (TPSA) is 17.0 Å². The molecule has 2 nitrogen and oxygen atoms in total. The van der Waals surface area contributed by atoms with Crippen LogP contribution >= 0.6 is 0 Å². The Balaban J connectivity index is 2.06. The Morgan fingerprint density at radius 3 is 2.94 bits per heavy atom. The summed E-state index contributed by atoms with van der Waals surface area (Å²) in [7, 11) is 0. The summed E-state index contributed by atoms with van der Waals surface area (Å²) in [5, 5.41) is 3.62. The molecule has 102 valence electrons. The van der Waals surface area contributed by atoms with Gasteiger partial charge in [0.1, 0.15) is 0 Å². The summed E-state index contributed by atoms with van der Waals surface area (Å²) in [6, 6.07) is 0.599. The highest BCUT2D eigenvalue weighted by Gasteiger charge is 2.21. The lowest BCUT2D eigenvalue weighted by Crippen LogP contribution is -2.23. The molecule has 0 saturated carbocycles. The summed E-state index contributed by atoms with van der Waals surface area (Å²) < 4.78 is 2.43. The van der Waals surface area contributed by atoms with Crippen molar-refractivity contribution in [1.29, 1.82) is 0 Å². The third-order valence-corrected chi connectivity index (χ3v) is 4.07. The van der Waals surface area contributed by atoms with Crippen molar-refractivity contribution < 1.29 is 0 Å². The minimum absolute atomic E-state index is 0.599. The fraction of sp³-hybridized carbons (Fsp3) is 0.750. The molecule has 18 heavy (non-hydrogen) atoms. The number of hydrogen-bond acceptors (Lipinski definition) is 1. The zero-order chi connectivity index (χ0) is 13.0. The molecule has 1 N–H and O–H groups in total. The minimum Gasteiger partial charge on any atom is -0.353 e. The quantitative estimate of drug-likeness (QED) is 0.807. The van der Waals surface area contributed by atoms with E-state index in [0.29, 0.717) is 6.04 Å². The van der Waals surface area contributed by atoms with E-state index >= 15 is 0 Å². The van der Waals surface area contributed by atoms with E-state index in [4.69, 9.17) is 0 Å². The molecular formula is C16H28N2. The van der Waals surface area contributed by atoms with Gasteiger partial charge in [-0.15, -0.1) is 0 Å². The zero-order valence-electron chi connectivity index (χ0n) is 12.2. The van der Waals surface area contributed by atoms with Gasteiger partial charge in [-0.3, -0.25) is 0 Å². The molecule has 2 atom stereocenters. The maximum Gasteiger partial charge on any atom is 0.0338 e. The van der Waals surface area contributed by atoms with Crippen LogP contribution < -0.4 is 5.32 Å². The van der Waals surface area contributed by atoms with Gasteiger partial charge >= 0.3 is 0 Å². The molecule has 2 rings (SSSR count). The van der Waals surface area contributed by atoms with Crippen molar-refractivity contribution in [2.24, 2.45) is 5.92 Å². The van der Waals surface area contributed by atoms with Gasteiger partial charge in [-0.1, -0.05) is 27.2 Å². The lowest BCUT2D eigenvalue weighted by molar-refractivity contribution is 0.444. The number of nitrogens with one attached hydrogen (secondary N) is 1. The molecule has 2 heteroatoms. The fourth-order valence-electron chi connectivity index (χ4n) is 3.26. The van der Waals surface area contributed by atoms with Crippen LogP contribution in [0.15, 0.2) is 12.4 Å². The van der Waals surface area contributed by atoms with Crippen molar-refractivity contribution in [3.8, 4) is 0 Å². The third-order valence-electron chi connectivity index (χ3n) is 4.07. The average molecular weight is 248 g/mol. The maximum atomic E-state index is 3.62. The Bertz CT molecular complexity index is 367. The van der Waals surface area contributed by atoms with Crippen molar-refractivity contribution >= 4 is 0 Å². The van der Waals surface area contributed by atoms with Crippen molar-refractivity contribution in [2.45, 2.75) is 65.5 Å². The van der Waals surface area contributed by atoms with Crippen LogP contribution in [0.4, 0.5) is 0 Å². The number of rotatable bonds is 6. The summed E-state index contributed by atoms with van der Waals surface area (Å²) in [5.41, 5.74) is 3.14. The number of hydrogen-bond donors (Lipinski definition) is 1. The van der Waals surface area contributed by atoms with Gasteiger partial charge in [0.25, 0.3) is 0 Å². The molecule has 1 aliphatic carbocycles. The van der Waals surface area contributed by atoms with E-state index in [2.05, 4.69) is 43.0 Å². The highest BCUT2D eigenvalue weighted by molar-refractivity contribution is 5.30. The van der Waals surface area contributed by atoms with Crippen LogP contribution in [0.25, 0.3) is 0 Å². The number of fused-ring (bicyclic) bond motifs is 1. The molecule has 0 saturated heterocycles. The van der Waals surface area contributed by atoms with E-state index in [9.17, 15) is 0 Å². The van der Waals surface area contributed by atoms with Gasteiger partial charge in [0.2, 0.25) is 0 Å². The molecule has 1 aliphatic rings. The lowest BCUT2D eigenvalue weighted by atomic mass is 9.91. The second-order valence-electron chi connectivity index (χ2n) is 5.83. The van der Waals surface area contributed by atoms with Gasteiger partial charge in [0.15, 0.2) is 0 Å².